The number of hydrogen-bond donors (Lipinski definition) is 1. The largest absolute Gasteiger partial charge is 0.324 e. The van der Waals surface area contributed by atoms with E-state index >= 15 is 0 Å². The molecule has 4 heteroatoms. The third kappa shape index (κ3) is 2.21. The van der Waals surface area contributed by atoms with Gasteiger partial charge in [0.2, 0.25) is 0 Å². The Morgan fingerprint density at radius 3 is 2.62 bits per heavy atom. The van der Waals surface area contributed by atoms with Gasteiger partial charge >= 0.3 is 0 Å². The Morgan fingerprint density at radius 1 is 1.19 bits per heavy atom. The van der Waals surface area contributed by atoms with Gasteiger partial charge in [-0.05, 0) is 55.7 Å². The van der Waals surface area contributed by atoms with Crippen molar-refractivity contribution in [3.8, 4) is 5.69 Å². The molecule has 0 bridgehead atoms. The molecule has 0 unspecified atom stereocenters. The molecule has 1 heterocycles. The van der Waals surface area contributed by atoms with E-state index in [-0.39, 0.29) is 11.9 Å². The Hall–Kier alpha value is -2.20. The molecule has 0 saturated carbocycles. The minimum absolute atomic E-state index is 0.250. The number of para-hydroxylation sites is 1. The maximum atomic E-state index is 14.4. The number of rotatable bonds is 2. The molecule has 108 valence electrons. The van der Waals surface area contributed by atoms with Gasteiger partial charge in [-0.2, -0.15) is 0 Å². The lowest BCUT2D eigenvalue weighted by atomic mass is 10.1. The molecule has 3 rings (SSSR count). The maximum Gasteiger partial charge on any atom is 0.147 e. The van der Waals surface area contributed by atoms with Gasteiger partial charge in [0.25, 0.3) is 0 Å². The summed E-state index contributed by atoms with van der Waals surface area (Å²) in [5.41, 5.74) is 11.3. The molecule has 3 nitrogen and oxygen atoms in total. The summed E-state index contributed by atoms with van der Waals surface area (Å²) in [6.45, 7) is 5.94. The molecule has 1 aromatic heterocycles. The first-order chi connectivity index (χ1) is 9.99. The fraction of sp³-hybridized carbons (Fsp3) is 0.235. The molecule has 3 aromatic rings. The van der Waals surface area contributed by atoms with Crippen LogP contribution in [-0.4, -0.2) is 9.55 Å². The van der Waals surface area contributed by atoms with Crippen molar-refractivity contribution in [2.24, 2.45) is 5.73 Å². The molecule has 2 N–H and O–H groups in total. The summed E-state index contributed by atoms with van der Waals surface area (Å²) < 4.78 is 16.2. The highest BCUT2D eigenvalue weighted by atomic mass is 19.1. The van der Waals surface area contributed by atoms with E-state index in [1.807, 2.05) is 39.0 Å². The molecule has 0 aliphatic heterocycles. The maximum absolute atomic E-state index is 14.4. The van der Waals surface area contributed by atoms with Crippen molar-refractivity contribution in [1.29, 1.82) is 0 Å². The zero-order chi connectivity index (χ0) is 15.1. The summed E-state index contributed by atoms with van der Waals surface area (Å²) >= 11 is 0. The highest BCUT2D eigenvalue weighted by Gasteiger charge is 2.16. The summed E-state index contributed by atoms with van der Waals surface area (Å²) in [5, 5.41) is 0. The first-order valence-electron chi connectivity index (χ1n) is 6.97. The molecule has 0 spiro atoms. The minimum Gasteiger partial charge on any atom is -0.324 e. The Kier molecular flexibility index (Phi) is 3.26. The van der Waals surface area contributed by atoms with Gasteiger partial charge < -0.3 is 5.73 Å². The second-order valence-electron chi connectivity index (χ2n) is 5.51. The van der Waals surface area contributed by atoms with E-state index in [1.165, 1.54) is 11.6 Å². The van der Waals surface area contributed by atoms with Gasteiger partial charge in [0.05, 0.1) is 16.7 Å². The van der Waals surface area contributed by atoms with Gasteiger partial charge in [-0.1, -0.05) is 12.1 Å². The van der Waals surface area contributed by atoms with Crippen LogP contribution in [0.25, 0.3) is 16.7 Å². The van der Waals surface area contributed by atoms with E-state index in [4.69, 9.17) is 5.73 Å². The summed E-state index contributed by atoms with van der Waals surface area (Å²) in [5.74, 6) is -0.290. The molecule has 0 radical (unpaired) electrons. The summed E-state index contributed by atoms with van der Waals surface area (Å²) in [6, 6.07) is 8.80. The first kappa shape index (κ1) is 13.8. The number of fused-ring (bicyclic) bond motifs is 1. The van der Waals surface area contributed by atoms with E-state index < -0.39 is 0 Å². The lowest BCUT2D eigenvalue weighted by Crippen LogP contribution is -2.11. The fourth-order valence-electron chi connectivity index (χ4n) is 2.60. The Morgan fingerprint density at radius 2 is 1.90 bits per heavy atom. The van der Waals surface area contributed by atoms with Crippen molar-refractivity contribution in [2.75, 3.05) is 0 Å². The quantitative estimate of drug-likeness (QED) is 0.777. The Labute approximate surface area is 123 Å². The minimum atomic E-state index is -0.290. The number of nitrogens with zero attached hydrogens (tertiary/aromatic N) is 2. The van der Waals surface area contributed by atoms with Crippen LogP contribution >= 0.6 is 0 Å². The topological polar surface area (TPSA) is 43.8 Å². The van der Waals surface area contributed by atoms with Gasteiger partial charge in [-0.25, -0.2) is 9.37 Å². The molecule has 0 aliphatic rings. The van der Waals surface area contributed by atoms with Gasteiger partial charge in [0.15, 0.2) is 0 Å². The number of imidazole rings is 1. The van der Waals surface area contributed by atoms with Crippen molar-refractivity contribution < 1.29 is 4.39 Å². The van der Waals surface area contributed by atoms with Crippen LogP contribution in [0.15, 0.2) is 36.7 Å². The van der Waals surface area contributed by atoms with Crippen molar-refractivity contribution in [2.45, 2.75) is 26.8 Å². The number of aryl methyl sites for hydroxylation is 2. The monoisotopic (exact) mass is 283 g/mol. The van der Waals surface area contributed by atoms with Crippen LogP contribution in [0.1, 0.15) is 29.7 Å². The van der Waals surface area contributed by atoms with Crippen LogP contribution in [0.5, 0.6) is 0 Å². The van der Waals surface area contributed by atoms with Gasteiger partial charge in [-0.3, -0.25) is 4.57 Å². The zero-order valence-electron chi connectivity index (χ0n) is 12.4. The molecule has 0 aliphatic carbocycles. The highest BCUT2D eigenvalue weighted by molar-refractivity contribution is 5.79. The van der Waals surface area contributed by atoms with E-state index in [1.54, 1.807) is 17.0 Å². The van der Waals surface area contributed by atoms with Crippen LogP contribution in [0, 0.1) is 19.7 Å². The summed E-state index contributed by atoms with van der Waals surface area (Å²) in [6.07, 6.45) is 1.66. The predicted octanol–water partition coefficient (Wildman–Crippen LogP) is 3.80. The number of hydrogen-bond acceptors (Lipinski definition) is 2. The molecule has 21 heavy (non-hydrogen) atoms. The lowest BCUT2D eigenvalue weighted by Gasteiger charge is -2.15. The van der Waals surface area contributed by atoms with Crippen LogP contribution in [-0.2, 0) is 0 Å². The molecule has 0 fully saturated rings. The third-order valence-electron chi connectivity index (χ3n) is 3.91. The van der Waals surface area contributed by atoms with Crippen molar-refractivity contribution in [1.82, 2.24) is 9.55 Å². The van der Waals surface area contributed by atoms with Crippen molar-refractivity contribution in [3.05, 3.63) is 59.2 Å². The normalized spacial score (nSPS) is 12.8. The molecular weight excluding hydrogens is 265 g/mol. The molecule has 1 atom stereocenters. The second-order valence-corrected chi connectivity index (χ2v) is 5.51. The van der Waals surface area contributed by atoms with Crippen LogP contribution in [0.2, 0.25) is 0 Å². The molecule has 0 saturated heterocycles. The Bertz CT molecular complexity index is 818. The fourth-order valence-corrected chi connectivity index (χ4v) is 2.60. The smallest absolute Gasteiger partial charge is 0.147 e. The van der Waals surface area contributed by atoms with E-state index in [9.17, 15) is 4.39 Å². The first-order valence-corrected chi connectivity index (χ1v) is 6.97. The zero-order valence-corrected chi connectivity index (χ0v) is 12.4. The van der Waals surface area contributed by atoms with E-state index in [2.05, 4.69) is 4.98 Å². The predicted molar refractivity (Wildman–Crippen MR) is 83.1 cm³/mol. The Balaban J connectivity index is 2.34. The number of aromatic nitrogens is 2. The van der Waals surface area contributed by atoms with Gasteiger partial charge in [-0.15, -0.1) is 0 Å². The van der Waals surface area contributed by atoms with Gasteiger partial charge in [0, 0.05) is 6.04 Å². The number of nitrogens with two attached hydrogens (primary N) is 1. The van der Waals surface area contributed by atoms with E-state index in [0.717, 1.165) is 22.2 Å². The standard InChI is InChI=1S/C17H18FN3/c1-10-7-15-16(8-11(10)2)21(9-20-15)17-13(12(3)19)5-4-6-14(17)18/h4-9,12H,19H2,1-3H3/t12-/m1/s1. The second kappa shape index (κ2) is 4.97. The number of halogens is 1. The van der Waals surface area contributed by atoms with Gasteiger partial charge in [0.1, 0.15) is 12.1 Å². The number of benzene rings is 2. The average molecular weight is 283 g/mol. The third-order valence-corrected chi connectivity index (χ3v) is 3.91. The molecular formula is C17H18FN3. The molecule has 0 amide bonds. The van der Waals surface area contributed by atoms with Crippen LogP contribution in [0.4, 0.5) is 4.39 Å². The SMILES string of the molecule is Cc1cc2ncn(-c3c(F)cccc3[C@@H](C)N)c2cc1C. The van der Waals surface area contributed by atoms with E-state index in [0.29, 0.717) is 5.69 Å². The average Bonchev–Trinajstić information content (AvgIpc) is 2.81. The summed E-state index contributed by atoms with van der Waals surface area (Å²) in [7, 11) is 0. The van der Waals surface area contributed by atoms with Crippen LogP contribution in [0.3, 0.4) is 0 Å². The lowest BCUT2D eigenvalue weighted by molar-refractivity contribution is 0.612. The highest BCUT2D eigenvalue weighted by Crippen LogP contribution is 2.28. The molecule has 2 aromatic carbocycles. The summed E-state index contributed by atoms with van der Waals surface area (Å²) in [4.78, 5) is 4.39. The van der Waals surface area contributed by atoms with Crippen molar-refractivity contribution in [3.63, 3.8) is 0 Å². The van der Waals surface area contributed by atoms with Crippen LogP contribution < -0.4 is 5.73 Å². The van der Waals surface area contributed by atoms with Crippen molar-refractivity contribution >= 4 is 11.0 Å².